The second-order valence-corrected chi connectivity index (χ2v) is 10.9. The fourth-order valence-corrected chi connectivity index (χ4v) is 5.32. The van der Waals surface area contributed by atoms with E-state index < -0.39 is 24.0 Å². The number of unbranched alkanes of at least 4 members (excludes halogenated alkanes) is 1. The Hall–Kier alpha value is -3.52. The van der Waals surface area contributed by atoms with Gasteiger partial charge in [-0.2, -0.15) is 0 Å². The van der Waals surface area contributed by atoms with Crippen LogP contribution in [-0.4, -0.2) is 86.7 Å². The van der Waals surface area contributed by atoms with Gasteiger partial charge in [0.25, 0.3) is 11.8 Å². The maximum Gasteiger partial charge on any atom is 0.414 e. The van der Waals surface area contributed by atoms with Gasteiger partial charge in [-0.1, -0.05) is 11.6 Å². The highest BCUT2D eigenvalue weighted by Gasteiger charge is 2.36. The van der Waals surface area contributed by atoms with Crippen molar-refractivity contribution in [3.8, 4) is 0 Å². The van der Waals surface area contributed by atoms with Gasteiger partial charge in [0.1, 0.15) is 12.7 Å². The van der Waals surface area contributed by atoms with Crippen molar-refractivity contribution < 1.29 is 33.4 Å². The van der Waals surface area contributed by atoms with Gasteiger partial charge < -0.3 is 25.4 Å². The summed E-state index contributed by atoms with van der Waals surface area (Å²) in [5.74, 6) is -1.36. The van der Waals surface area contributed by atoms with Gasteiger partial charge in [-0.3, -0.25) is 29.0 Å². The number of nitrogens with zero attached hydrogens (tertiary/aromatic N) is 3. The molecule has 2 saturated heterocycles. The van der Waals surface area contributed by atoms with Crippen LogP contribution in [-0.2, 0) is 23.9 Å². The van der Waals surface area contributed by atoms with Crippen LogP contribution in [0.3, 0.4) is 0 Å². The zero-order valence-corrected chi connectivity index (χ0v) is 23.2. The SMILES string of the molecule is NCC(=O)NCCCCC(=O)N(C[C@H]1CN(c2ccc(N3CCOCC3=O)cc2)C(=O)O1)C(=O)c1ccc(Cl)s1. The standard InChI is InChI=1S/C26H30ClN5O7S/c27-21-9-8-20(40-21)25(36)32(23(34)3-1-2-10-29-22(33)13-28)15-19-14-31(26(37)39-19)18-6-4-17(5-7-18)30-11-12-38-16-24(30)35/h4-9,19H,1-3,10-16,28H2,(H,29,33)/t19-/m1/s1. The van der Waals surface area contributed by atoms with Crippen LogP contribution >= 0.6 is 22.9 Å². The van der Waals surface area contributed by atoms with Crippen LogP contribution in [0.15, 0.2) is 36.4 Å². The first-order valence-electron chi connectivity index (χ1n) is 12.8. The number of imide groups is 1. The predicted octanol–water partition coefficient (Wildman–Crippen LogP) is 2.00. The monoisotopic (exact) mass is 591 g/mol. The van der Waals surface area contributed by atoms with Crippen LogP contribution in [0.5, 0.6) is 0 Å². The normalized spacial score (nSPS) is 17.1. The van der Waals surface area contributed by atoms with Gasteiger partial charge >= 0.3 is 6.09 Å². The Kier molecular flexibility index (Phi) is 10.1. The van der Waals surface area contributed by atoms with Crippen molar-refractivity contribution in [2.75, 3.05) is 55.7 Å². The summed E-state index contributed by atoms with van der Waals surface area (Å²) in [5.41, 5.74) is 6.52. The highest BCUT2D eigenvalue weighted by Crippen LogP contribution is 2.27. The number of hydrogen-bond acceptors (Lipinski definition) is 9. The van der Waals surface area contributed by atoms with E-state index in [-0.39, 0.29) is 44.5 Å². The number of rotatable bonds is 11. The summed E-state index contributed by atoms with van der Waals surface area (Å²) in [6.45, 7) is 1.18. The van der Waals surface area contributed by atoms with Crippen molar-refractivity contribution in [1.82, 2.24) is 10.2 Å². The molecule has 1 aromatic carbocycles. The second kappa shape index (κ2) is 13.7. The zero-order chi connectivity index (χ0) is 28.6. The summed E-state index contributed by atoms with van der Waals surface area (Å²) in [5, 5.41) is 2.64. The van der Waals surface area contributed by atoms with Gasteiger partial charge in [0.05, 0.1) is 35.5 Å². The van der Waals surface area contributed by atoms with Gasteiger partial charge in [-0.15, -0.1) is 11.3 Å². The Balaban J connectivity index is 1.40. The van der Waals surface area contributed by atoms with Gasteiger partial charge in [-0.25, -0.2) is 4.79 Å². The molecule has 2 aliphatic rings. The highest BCUT2D eigenvalue weighted by atomic mass is 35.5. The van der Waals surface area contributed by atoms with Crippen LogP contribution in [0.4, 0.5) is 16.2 Å². The van der Waals surface area contributed by atoms with Gasteiger partial charge in [0, 0.05) is 30.9 Å². The minimum atomic E-state index is -0.750. The summed E-state index contributed by atoms with van der Waals surface area (Å²) < 4.78 is 11.1. The van der Waals surface area contributed by atoms with Crippen molar-refractivity contribution in [3.63, 3.8) is 0 Å². The van der Waals surface area contributed by atoms with Crippen molar-refractivity contribution in [3.05, 3.63) is 45.6 Å². The summed E-state index contributed by atoms with van der Waals surface area (Å²) >= 11 is 7.06. The van der Waals surface area contributed by atoms with Crippen LogP contribution in [0.25, 0.3) is 0 Å². The second-order valence-electron chi connectivity index (χ2n) is 9.16. The minimum absolute atomic E-state index is 0.0261. The number of carbonyl (C=O) groups excluding carboxylic acids is 5. The summed E-state index contributed by atoms with van der Waals surface area (Å²) in [6.07, 6.45) is -0.319. The topological polar surface area (TPSA) is 152 Å². The third-order valence-electron chi connectivity index (χ3n) is 6.37. The van der Waals surface area contributed by atoms with E-state index in [2.05, 4.69) is 5.32 Å². The Labute approximate surface area is 239 Å². The van der Waals surface area contributed by atoms with Crippen LogP contribution < -0.4 is 20.9 Å². The number of nitrogens with two attached hydrogens (primary N) is 1. The maximum absolute atomic E-state index is 13.2. The van der Waals surface area contributed by atoms with Crippen molar-refractivity contribution in [1.29, 1.82) is 0 Å². The fourth-order valence-electron chi connectivity index (χ4n) is 4.33. The lowest BCUT2D eigenvalue weighted by Gasteiger charge is -2.27. The van der Waals surface area contributed by atoms with Crippen LogP contribution in [0.2, 0.25) is 4.34 Å². The molecule has 12 nitrogen and oxygen atoms in total. The molecule has 0 radical (unpaired) electrons. The number of amides is 5. The largest absolute Gasteiger partial charge is 0.442 e. The molecule has 1 aromatic heterocycles. The molecule has 14 heteroatoms. The molecule has 40 heavy (non-hydrogen) atoms. The molecule has 5 amide bonds. The molecule has 3 heterocycles. The molecule has 0 unspecified atom stereocenters. The number of carbonyl (C=O) groups is 5. The molecule has 1 atom stereocenters. The summed E-state index contributed by atoms with van der Waals surface area (Å²) in [4.78, 5) is 66.9. The van der Waals surface area contributed by atoms with E-state index in [0.29, 0.717) is 53.1 Å². The average molecular weight is 592 g/mol. The number of anilines is 2. The summed E-state index contributed by atoms with van der Waals surface area (Å²) in [6, 6.07) is 10.0. The molecular formula is C26H30ClN5O7S. The third kappa shape index (κ3) is 7.36. The maximum atomic E-state index is 13.2. The highest BCUT2D eigenvalue weighted by molar-refractivity contribution is 7.18. The quantitative estimate of drug-likeness (QED) is 0.377. The third-order valence-corrected chi connectivity index (χ3v) is 7.59. The number of hydrogen-bond donors (Lipinski definition) is 2. The molecular weight excluding hydrogens is 562 g/mol. The Morgan fingerprint density at radius 2 is 1.80 bits per heavy atom. The number of morpholine rings is 1. The smallest absolute Gasteiger partial charge is 0.414 e. The molecule has 3 N–H and O–H groups in total. The molecule has 0 bridgehead atoms. The lowest BCUT2D eigenvalue weighted by Crippen LogP contribution is -2.43. The first-order chi connectivity index (χ1) is 19.3. The predicted molar refractivity (Wildman–Crippen MR) is 149 cm³/mol. The number of benzene rings is 1. The molecule has 2 fully saturated rings. The number of ether oxygens (including phenoxy) is 2. The fraction of sp³-hybridized carbons (Fsp3) is 0.423. The molecule has 0 aliphatic carbocycles. The molecule has 2 aliphatic heterocycles. The minimum Gasteiger partial charge on any atom is -0.442 e. The van der Waals surface area contributed by atoms with E-state index in [4.69, 9.17) is 26.8 Å². The van der Waals surface area contributed by atoms with E-state index in [1.165, 1.54) is 4.90 Å². The molecule has 2 aromatic rings. The van der Waals surface area contributed by atoms with Gasteiger partial charge in [-0.05, 0) is 49.2 Å². The van der Waals surface area contributed by atoms with E-state index in [1.54, 1.807) is 41.3 Å². The Morgan fingerprint density at radius 1 is 1.07 bits per heavy atom. The van der Waals surface area contributed by atoms with Crippen molar-refractivity contribution in [2.45, 2.75) is 25.4 Å². The average Bonchev–Trinajstić information content (AvgIpc) is 3.56. The van der Waals surface area contributed by atoms with E-state index >= 15 is 0 Å². The van der Waals surface area contributed by atoms with Crippen molar-refractivity contribution in [2.24, 2.45) is 5.73 Å². The first kappa shape index (κ1) is 29.5. The van der Waals surface area contributed by atoms with E-state index in [9.17, 15) is 24.0 Å². The molecule has 0 spiro atoms. The number of cyclic esters (lactones) is 1. The summed E-state index contributed by atoms with van der Waals surface area (Å²) in [7, 11) is 0. The van der Waals surface area contributed by atoms with Crippen LogP contribution in [0, 0.1) is 0 Å². The van der Waals surface area contributed by atoms with E-state index in [0.717, 1.165) is 16.2 Å². The lowest BCUT2D eigenvalue weighted by atomic mass is 10.2. The number of thiophene rings is 1. The van der Waals surface area contributed by atoms with Gasteiger partial charge in [0.2, 0.25) is 11.8 Å². The lowest BCUT2D eigenvalue weighted by molar-refractivity contribution is -0.129. The number of halogens is 1. The first-order valence-corrected chi connectivity index (χ1v) is 14.0. The Bertz CT molecular complexity index is 1250. The zero-order valence-electron chi connectivity index (χ0n) is 21.7. The van der Waals surface area contributed by atoms with E-state index in [1.807, 2.05) is 0 Å². The van der Waals surface area contributed by atoms with Crippen LogP contribution in [0.1, 0.15) is 28.9 Å². The number of nitrogens with one attached hydrogen (secondary N) is 1. The van der Waals surface area contributed by atoms with Crippen molar-refractivity contribution >= 4 is 64.0 Å². The molecule has 0 saturated carbocycles. The molecule has 4 rings (SSSR count). The molecule has 214 valence electrons. The Morgan fingerprint density at radius 3 is 2.45 bits per heavy atom. The van der Waals surface area contributed by atoms with Gasteiger partial charge in [0.15, 0.2) is 0 Å².